The zero-order valence-corrected chi connectivity index (χ0v) is 104. The van der Waals surface area contributed by atoms with Crippen molar-refractivity contribution >= 4 is 66.7 Å². The summed E-state index contributed by atoms with van der Waals surface area (Å²) in [7, 11) is 0. The number of carbonyl (C=O) groups is 4. The number of carbonyl (C=O) groups excluding carboxylic acids is 4. The molecule has 0 bridgehead atoms. The SMILES string of the molecule is CC(=O)C=C(C)O.CCC(CC)C(=O)C=C(O)C(CC)CC.Cc1[c-]c(-c2ccc3c(CC(C)(C)C)cccc3n2)cc(C)c1.Cc1[c-]c(-c2ccc3c(CC(C)(C)C)cccc3n2)cc(C)c1.Cc1[c-]c(-c2ccc3c(CC(C)(C)C)cccc3n2)cc(C)c1.Cc1[c-]c(-c2ccc3c(CC(C)(C)C)cccc3n2)cc(C)c1.O=C(C=C(O)C1CCCC1)C1CCCC1.O=C(C=C(O)C1CCCCC1)C1CCCCC1.[Ir].[Ir].[Ir].[Ir]. The van der Waals surface area contributed by atoms with Crippen LogP contribution in [0, 0.1) is 137 Å². The van der Waals surface area contributed by atoms with Crippen molar-refractivity contribution in [1.29, 1.82) is 0 Å². The van der Waals surface area contributed by atoms with E-state index in [9.17, 15) is 34.5 Å². The van der Waals surface area contributed by atoms with Crippen LogP contribution in [0.4, 0.5) is 0 Å². The maximum Gasteiger partial charge on any atom is 0.162 e. The molecule has 4 aliphatic carbocycles. The minimum Gasteiger partial charge on any atom is -0.512 e. The van der Waals surface area contributed by atoms with Gasteiger partial charge in [-0.15, -0.1) is 140 Å². The number of aliphatic hydroxyl groups is 4. The Morgan fingerprint density at radius 2 is 0.547 bits per heavy atom. The molecule has 0 unspecified atom stereocenters. The van der Waals surface area contributed by atoms with Gasteiger partial charge in [0.15, 0.2) is 23.1 Å². The van der Waals surface area contributed by atoms with E-state index in [4.69, 9.17) is 25.0 Å². The van der Waals surface area contributed by atoms with Crippen LogP contribution in [0.25, 0.3) is 88.6 Å². The summed E-state index contributed by atoms with van der Waals surface area (Å²) in [6, 6.07) is 74.0. The molecule has 0 atom stereocenters. The Kier molecular flexibility index (Phi) is 55.1. The minimum absolute atomic E-state index is 0. The number of pyridine rings is 4. The van der Waals surface area contributed by atoms with Crippen molar-refractivity contribution < 1.29 is 120 Å². The van der Waals surface area contributed by atoms with Crippen LogP contribution in [0.15, 0.2) is 217 Å². The van der Waals surface area contributed by atoms with Gasteiger partial charge in [-0.1, -0.05) is 327 Å². The van der Waals surface area contributed by atoms with E-state index in [2.05, 4.69) is 333 Å². The maximum absolute atomic E-state index is 12.0. The Morgan fingerprint density at radius 3 is 0.753 bits per heavy atom. The monoisotopic (exact) mass is 2740 g/mol. The largest absolute Gasteiger partial charge is 0.512 e. The summed E-state index contributed by atoms with van der Waals surface area (Å²) in [5.41, 5.74) is 28.8. The van der Waals surface area contributed by atoms with Crippen molar-refractivity contribution in [3.05, 3.63) is 308 Å². The molecule has 8 aromatic carbocycles. The summed E-state index contributed by atoms with van der Waals surface area (Å²) >= 11 is 0. The molecule has 4 saturated carbocycles. The minimum atomic E-state index is -0.125. The molecule has 12 aromatic rings. The molecule has 0 saturated heterocycles. The predicted octanol–water partition coefficient (Wildman–Crippen LogP) is 36.1. The maximum atomic E-state index is 12.0. The molecule has 16 heteroatoms. The molecule has 4 aliphatic rings. The van der Waals surface area contributed by atoms with Gasteiger partial charge < -0.3 is 20.4 Å². The fraction of sp³-hybridized carbons (Fsp3) is 0.463. The van der Waals surface area contributed by atoms with Crippen molar-refractivity contribution in [1.82, 2.24) is 19.9 Å². The van der Waals surface area contributed by atoms with Crippen LogP contribution in [0.2, 0.25) is 0 Å². The van der Waals surface area contributed by atoms with Gasteiger partial charge in [0.05, 0.1) is 45.1 Å². The number of fused-ring (bicyclic) bond motifs is 4. The zero-order valence-electron chi connectivity index (χ0n) is 94.9. The third-order valence-corrected chi connectivity index (χ3v) is 27.5. The van der Waals surface area contributed by atoms with Gasteiger partial charge >= 0.3 is 0 Å². The molecule has 0 spiro atoms. The molecule has 12 nitrogen and oxygen atoms in total. The molecule has 4 aromatic heterocycles. The van der Waals surface area contributed by atoms with Crippen LogP contribution < -0.4 is 0 Å². The third-order valence-electron chi connectivity index (χ3n) is 27.5. The van der Waals surface area contributed by atoms with E-state index in [1.54, 1.807) is 6.08 Å². The number of hydrogen-bond acceptors (Lipinski definition) is 12. The second-order valence-electron chi connectivity index (χ2n) is 46.7. The van der Waals surface area contributed by atoms with Gasteiger partial charge in [-0.05, 0) is 208 Å². The topological polar surface area (TPSA) is 201 Å². The Morgan fingerprint density at radius 1 is 0.313 bits per heavy atom. The smallest absolute Gasteiger partial charge is 0.162 e. The van der Waals surface area contributed by atoms with E-state index in [1.165, 1.54) is 162 Å². The van der Waals surface area contributed by atoms with Gasteiger partial charge in [0.25, 0.3) is 0 Å². The summed E-state index contributed by atoms with van der Waals surface area (Å²) in [6.45, 7) is 55.0. The summed E-state index contributed by atoms with van der Waals surface area (Å²) in [6.07, 6.45) is 33.7. The molecule has 816 valence electrons. The van der Waals surface area contributed by atoms with Crippen LogP contribution in [0.3, 0.4) is 0 Å². The molecule has 0 aliphatic heterocycles. The Hall–Kier alpha value is -9.16. The number of aromatic nitrogens is 4. The van der Waals surface area contributed by atoms with Gasteiger partial charge in [0.1, 0.15) is 0 Å². The van der Waals surface area contributed by atoms with Crippen LogP contribution >= 0.6 is 0 Å². The number of ketones is 4. The van der Waals surface area contributed by atoms with Gasteiger partial charge in [-0.2, -0.15) is 0 Å². The third kappa shape index (κ3) is 44.0. The van der Waals surface area contributed by atoms with Crippen molar-refractivity contribution in [2.45, 2.75) is 347 Å². The summed E-state index contributed by atoms with van der Waals surface area (Å²) in [5, 5.41) is 43.0. The Balaban J connectivity index is 0.000000305. The molecular weight excluding hydrogens is 2560 g/mol. The number of nitrogens with zero attached hydrogens (tertiary/aromatic N) is 4. The van der Waals surface area contributed by atoms with Gasteiger partial charge in [-0.25, -0.2) is 0 Å². The summed E-state index contributed by atoms with van der Waals surface area (Å²) < 4.78 is 0. The van der Waals surface area contributed by atoms with E-state index >= 15 is 0 Å². The summed E-state index contributed by atoms with van der Waals surface area (Å²) in [5.74, 6) is 2.46. The second-order valence-corrected chi connectivity index (χ2v) is 46.7. The number of hydrogen-bond donors (Lipinski definition) is 4. The van der Waals surface area contributed by atoms with E-state index in [1.807, 2.05) is 27.7 Å². The number of aliphatic hydroxyl groups excluding tert-OH is 4. The van der Waals surface area contributed by atoms with Crippen LogP contribution in [-0.4, -0.2) is 63.5 Å². The quantitative estimate of drug-likeness (QED) is 0.0285. The predicted molar refractivity (Wildman–Crippen MR) is 614 cm³/mol. The van der Waals surface area contributed by atoms with E-state index < -0.39 is 0 Å². The van der Waals surface area contributed by atoms with E-state index in [-0.39, 0.29) is 172 Å². The van der Waals surface area contributed by atoms with E-state index in [0.29, 0.717) is 11.5 Å². The van der Waals surface area contributed by atoms with Crippen LogP contribution in [-0.2, 0) is 125 Å². The van der Waals surface area contributed by atoms with Crippen molar-refractivity contribution in [2.75, 3.05) is 0 Å². The molecule has 4 heterocycles. The fourth-order valence-electron chi connectivity index (χ4n) is 20.6. The second kappa shape index (κ2) is 63.0. The van der Waals surface area contributed by atoms with Crippen LogP contribution in [0.1, 0.15) is 333 Å². The number of benzene rings is 8. The number of allylic oxidation sites excluding steroid dienone is 8. The summed E-state index contributed by atoms with van der Waals surface area (Å²) in [4.78, 5) is 65.1. The van der Waals surface area contributed by atoms with Gasteiger partial charge in [0.2, 0.25) is 0 Å². The number of aryl methyl sites for hydroxylation is 8. The zero-order chi connectivity index (χ0) is 107. The van der Waals surface area contributed by atoms with Gasteiger partial charge in [0, 0.05) is 162 Å². The van der Waals surface area contributed by atoms with Gasteiger partial charge in [-0.3, -0.25) is 39.1 Å². The molecular formula is C134H172Ir4N4O8-4. The normalized spacial score (nSPS) is 14.4. The first-order valence-electron chi connectivity index (χ1n) is 54.3. The standard InChI is InChI=1S/4C22H24N.C15H24O2.C13H20O2.C13H24O2.C5H8O2.4Ir/c4*1-15-11-16(2)13-18(12-15)20-10-9-19-17(14-22(3,4)5)7-6-8-21(19)23-20;16-14(12-7-3-1-4-8-12)11-15(17)13-9-5-2-6-10-13;14-12(10-5-1-2-6-10)9-13(15)11-7-3-4-8-11;1-5-10(6-2)12(14)9-13(15)11(7-3)8-4;1-4(6)3-5(2)7;;;;/h4*6-12H,14H2,1-5H3;11-13,16H,1-10H2;9-11,14H,1-8H2;9-11,14H,5-8H2,1-4H3;3,6H,1-2H3;;;;/q4*-1;;;;;;;;. The first-order valence-corrected chi connectivity index (χ1v) is 54.3. The van der Waals surface area contributed by atoms with E-state index in [0.717, 1.165) is 192 Å². The van der Waals surface area contributed by atoms with Crippen molar-refractivity contribution in [2.24, 2.45) is 57.2 Å². The Bertz CT molecular complexity index is 5780. The average Bonchev–Trinajstić information content (AvgIpc) is 1.03. The van der Waals surface area contributed by atoms with Crippen molar-refractivity contribution in [3.8, 4) is 45.0 Å². The molecule has 4 N–H and O–H groups in total. The molecule has 4 radical (unpaired) electrons. The first-order chi connectivity index (χ1) is 69.0. The fourth-order valence-corrected chi connectivity index (χ4v) is 20.6. The Labute approximate surface area is 955 Å². The number of rotatable bonds is 22. The molecule has 0 amide bonds. The van der Waals surface area contributed by atoms with Crippen LogP contribution in [0.5, 0.6) is 0 Å². The molecule has 150 heavy (non-hydrogen) atoms. The molecule has 16 rings (SSSR count). The molecule has 4 fully saturated rings. The van der Waals surface area contributed by atoms with Crippen molar-refractivity contribution in [3.63, 3.8) is 0 Å². The first kappa shape index (κ1) is 131. The average molecular weight is 2740 g/mol.